The molecule has 0 spiro atoms. The standard InChI is InChI=1S/C11H14F6O2/c1-6(4-10(12,13)14)8(18)3-9(19)7(2)5-11(15,16)17/h3,6-7,18H,4-5H2,1-2H3/b8-3-. The lowest BCUT2D eigenvalue weighted by atomic mass is 9.98. The van der Waals surface area contributed by atoms with Gasteiger partial charge in [-0.3, -0.25) is 4.79 Å². The van der Waals surface area contributed by atoms with E-state index in [1.807, 2.05) is 0 Å². The molecule has 1 N–H and O–H groups in total. The molecule has 0 radical (unpaired) electrons. The third-order valence-corrected chi connectivity index (χ3v) is 2.36. The van der Waals surface area contributed by atoms with E-state index in [0.29, 0.717) is 6.08 Å². The van der Waals surface area contributed by atoms with Gasteiger partial charge in [-0.1, -0.05) is 13.8 Å². The molecule has 2 atom stereocenters. The van der Waals surface area contributed by atoms with E-state index in [1.54, 1.807) is 0 Å². The van der Waals surface area contributed by atoms with E-state index in [9.17, 15) is 36.2 Å². The van der Waals surface area contributed by atoms with Gasteiger partial charge in [-0.2, -0.15) is 26.3 Å². The maximum Gasteiger partial charge on any atom is 0.389 e. The van der Waals surface area contributed by atoms with Crippen LogP contribution in [0.3, 0.4) is 0 Å². The van der Waals surface area contributed by atoms with Crippen molar-refractivity contribution in [3.8, 4) is 0 Å². The van der Waals surface area contributed by atoms with Gasteiger partial charge >= 0.3 is 12.4 Å². The number of halogens is 6. The molecule has 8 heteroatoms. The van der Waals surface area contributed by atoms with Crippen molar-refractivity contribution in [2.75, 3.05) is 0 Å². The number of hydrogen-bond acceptors (Lipinski definition) is 2. The summed E-state index contributed by atoms with van der Waals surface area (Å²) in [7, 11) is 0. The molecule has 19 heavy (non-hydrogen) atoms. The number of aliphatic hydroxyl groups is 1. The molecule has 2 unspecified atom stereocenters. The number of carbonyl (C=O) groups is 1. The normalized spacial score (nSPS) is 17.2. The van der Waals surface area contributed by atoms with Crippen molar-refractivity contribution in [2.45, 2.75) is 39.0 Å². The summed E-state index contributed by atoms with van der Waals surface area (Å²) in [6.07, 6.45) is -11.4. The fourth-order valence-corrected chi connectivity index (χ4v) is 1.33. The molecule has 0 aliphatic rings. The maximum absolute atomic E-state index is 12.0. The van der Waals surface area contributed by atoms with Gasteiger partial charge in [0.1, 0.15) is 0 Å². The highest BCUT2D eigenvalue weighted by atomic mass is 19.4. The zero-order chi connectivity index (χ0) is 15.4. The van der Waals surface area contributed by atoms with E-state index in [4.69, 9.17) is 0 Å². The van der Waals surface area contributed by atoms with Gasteiger partial charge in [0.15, 0.2) is 5.78 Å². The highest BCUT2D eigenvalue weighted by Gasteiger charge is 2.34. The van der Waals surface area contributed by atoms with Gasteiger partial charge < -0.3 is 5.11 Å². The third-order valence-electron chi connectivity index (χ3n) is 2.36. The van der Waals surface area contributed by atoms with Crippen molar-refractivity contribution in [3.05, 3.63) is 11.8 Å². The molecule has 0 aromatic carbocycles. The molecule has 0 saturated carbocycles. The number of carbonyl (C=O) groups excluding carboxylic acids is 1. The van der Waals surface area contributed by atoms with Crippen LogP contribution in [-0.4, -0.2) is 23.2 Å². The number of alkyl halides is 6. The number of allylic oxidation sites excluding steroid dienone is 2. The van der Waals surface area contributed by atoms with E-state index in [0.717, 1.165) is 13.8 Å². The molecular formula is C11H14F6O2. The van der Waals surface area contributed by atoms with Crippen LogP contribution in [0.5, 0.6) is 0 Å². The van der Waals surface area contributed by atoms with Gasteiger partial charge in [-0.05, 0) is 0 Å². The van der Waals surface area contributed by atoms with Gasteiger partial charge in [0.25, 0.3) is 0 Å². The molecule has 0 aliphatic carbocycles. The largest absolute Gasteiger partial charge is 0.512 e. The predicted octanol–water partition coefficient (Wildman–Crippen LogP) is 4.17. The van der Waals surface area contributed by atoms with Crippen LogP contribution in [0.1, 0.15) is 26.7 Å². The Kier molecular flexibility index (Phi) is 5.89. The second-order valence-corrected chi connectivity index (χ2v) is 4.41. The number of rotatable bonds is 5. The highest BCUT2D eigenvalue weighted by Crippen LogP contribution is 2.29. The average molecular weight is 292 g/mol. The predicted molar refractivity (Wildman–Crippen MR) is 55.4 cm³/mol. The first-order chi connectivity index (χ1) is 8.32. The number of aliphatic hydroxyl groups excluding tert-OH is 1. The molecular weight excluding hydrogens is 278 g/mol. The monoisotopic (exact) mass is 292 g/mol. The van der Waals surface area contributed by atoms with Gasteiger partial charge in [0, 0.05) is 17.9 Å². The minimum Gasteiger partial charge on any atom is -0.512 e. The Balaban J connectivity index is 4.62. The molecule has 0 rings (SSSR count). The van der Waals surface area contributed by atoms with Crippen molar-refractivity contribution < 1.29 is 36.2 Å². The molecule has 0 amide bonds. The maximum atomic E-state index is 12.0. The first-order valence-corrected chi connectivity index (χ1v) is 5.39. The SMILES string of the molecule is CC(CC(F)(F)F)C(=O)/C=C(\O)C(C)CC(F)(F)F. The smallest absolute Gasteiger partial charge is 0.389 e. The second kappa shape index (κ2) is 6.29. The Morgan fingerprint density at radius 1 is 1.00 bits per heavy atom. The van der Waals surface area contributed by atoms with Crippen LogP contribution < -0.4 is 0 Å². The van der Waals surface area contributed by atoms with Crippen LogP contribution >= 0.6 is 0 Å². The summed E-state index contributed by atoms with van der Waals surface area (Å²) in [5, 5.41) is 9.26. The number of hydrogen-bond donors (Lipinski definition) is 1. The molecule has 0 saturated heterocycles. The van der Waals surface area contributed by atoms with Gasteiger partial charge in [-0.25, -0.2) is 0 Å². The van der Waals surface area contributed by atoms with E-state index < -0.39 is 48.6 Å². The van der Waals surface area contributed by atoms with Crippen LogP contribution in [-0.2, 0) is 4.79 Å². The molecule has 2 nitrogen and oxygen atoms in total. The van der Waals surface area contributed by atoms with Gasteiger partial charge in [-0.15, -0.1) is 0 Å². The highest BCUT2D eigenvalue weighted by molar-refractivity contribution is 5.91. The van der Waals surface area contributed by atoms with Crippen LogP contribution in [0.15, 0.2) is 11.8 Å². The van der Waals surface area contributed by atoms with Crippen LogP contribution in [0.2, 0.25) is 0 Å². The van der Waals surface area contributed by atoms with Gasteiger partial charge in [0.05, 0.1) is 18.6 Å². The van der Waals surface area contributed by atoms with E-state index in [1.165, 1.54) is 0 Å². The third kappa shape index (κ3) is 8.50. The summed E-state index contributed by atoms with van der Waals surface area (Å²) in [6, 6.07) is 0. The fraction of sp³-hybridized carbons (Fsp3) is 0.727. The van der Waals surface area contributed by atoms with Crippen molar-refractivity contribution in [2.24, 2.45) is 11.8 Å². The first-order valence-electron chi connectivity index (χ1n) is 5.39. The Labute approximate surface area is 106 Å². The Morgan fingerprint density at radius 3 is 1.74 bits per heavy atom. The van der Waals surface area contributed by atoms with Crippen molar-refractivity contribution in [3.63, 3.8) is 0 Å². The van der Waals surface area contributed by atoms with E-state index >= 15 is 0 Å². The van der Waals surface area contributed by atoms with Gasteiger partial charge in [0.2, 0.25) is 0 Å². The Bertz CT molecular complexity index is 342. The Morgan fingerprint density at radius 2 is 1.37 bits per heavy atom. The molecule has 0 aromatic heterocycles. The molecule has 0 aliphatic heterocycles. The van der Waals surface area contributed by atoms with Crippen molar-refractivity contribution >= 4 is 5.78 Å². The van der Waals surface area contributed by atoms with E-state index in [2.05, 4.69) is 0 Å². The topological polar surface area (TPSA) is 37.3 Å². The summed E-state index contributed by atoms with van der Waals surface area (Å²) >= 11 is 0. The van der Waals surface area contributed by atoms with Crippen LogP contribution in [0, 0.1) is 11.8 Å². The fourth-order valence-electron chi connectivity index (χ4n) is 1.33. The van der Waals surface area contributed by atoms with Crippen LogP contribution in [0.25, 0.3) is 0 Å². The zero-order valence-corrected chi connectivity index (χ0v) is 10.3. The summed E-state index contributed by atoms with van der Waals surface area (Å²) in [6.45, 7) is 2.02. The molecule has 0 bridgehead atoms. The number of ketones is 1. The summed E-state index contributed by atoms with van der Waals surface area (Å²) in [5.74, 6) is -4.73. The summed E-state index contributed by atoms with van der Waals surface area (Å²) in [4.78, 5) is 11.3. The van der Waals surface area contributed by atoms with E-state index in [-0.39, 0.29) is 0 Å². The van der Waals surface area contributed by atoms with Crippen molar-refractivity contribution in [1.29, 1.82) is 0 Å². The summed E-state index contributed by atoms with van der Waals surface area (Å²) < 4.78 is 72.0. The molecule has 112 valence electrons. The first kappa shape index (κ1) is 17.8. The minimum atomic E-state index is -4.55. The lowest BCUT2D eigenvalue weighted by Gasteiger charge is -2.14. The quantitative estimate of drug-likeness (QED) is 0.469. The molecule has 0 fully saturated rings. The lowest BCUT2D eigenvalue weighted by Crippen LogP contribution is -2.20. The Hall–Kier alpha value is -1.21. The molecule has 0 aromatic rings. The minimum absolute atomic E-state index is 0.437. The zero-order valence-electron chi connectivity index (χ0n) is 10.3. The lowest BCUT2D eigenvalue weighted by molar-refractivity contribution is -0.150. The van der Waals surface area contributed by atoms with Crippen LogP contribution in [0.4, 0.5) is 26.3 Å². The second-order valence-electron chi connectivity index (χ2n) is 4.41. The molecule has 0 heterocycles. The summed E-state index contributed by atoms with van der Waals surface area (Å²) in [5.41, 5.74) is 0. The van der Waals surface area contributed by atoms with Crippen molar-refractivity contribution in [1.82, 2.24) is 0 Å². The average Bonchev–Trinajstić information content (AvgIpc) is 2.11.